The van der Waals surface area contributed by atoms with E-state index in [2.05, 4.69) is 10.2 Å². The number of amides is 1. The number of nitrogens with one attached hydrogen (secondary N) is 1. The fraction of sp³-hybridized carbons (Fsp3) is 0.286. The first-order valence-electron chi connectivity index (χ1n) is 9.04. The van der Waals surface area contributed by atoms with Gasteiger partial charge < -0.3 is 20.1 Å². The van der Waals surface area contributed by atoms with Crippen molar-refractivity contribution in [3.63, 3.8) is 0 Å². The van der Waals surface area contributed by atoms with E-state index in [0.717, 1.165) is 42.5 Å². The Morgan fingerprint density at radius 2 is 2.00 bits per heavy atom. The van der Waals surface area contributed by atoms with Crippen LogP contribution in [0.4, 0.5) is 14.5 Å². The monoisotopic (exact) mass is 388 g/mol. The molecule has 0 bridgehead atoms. The molecule has 3 rings (SSSR count). The van der Waals surface area contributed by atoms with Gasteiger partial charge in [0, 0.05) is 36.5 Å². The van der Waals surface area contributed by atoms with Gasteiger partial charge in [0.2, 0.25) is 5.91 Å². The molecule has 0 saturated carbocycles. The van der Waals surface area contributed by atoms with E-state index in [4.69, 9.17) is 4.74 Å². The van der Waals surface area contributed by atoms with Gasteiger partial charge in [-0.05, 0) is 35.9 Å². The largest absolute Gasteiger partial charge is 0.394 e. The molecule has 1 saturated heterocycles. The summed E-state index contributed by atoms with van der Waals surface area (Å²) in [7, 11) is 0. The zero-order valence-corrected chi connectivity index (χ0v) is 15.3. The first kappa shape index (κ1) is 20.0. The molecule has 1 amide bonds. The predicted octanol–water partition coefficient (Wildman–Crippen LogP) is 2.66. The molecule has 5 nitrogen and oxygen atoms in total. The number of aliphatic hydroxyl groups excluding tert-OH is 1. The fourth-order valence-electron chi connectivity index (χ4n) is 3.02. The van der Waals surface area contributed by atoms with Gasteiger partial charge in [0.1, 0.15) is 11.6 Å². The summed E-state index contributed by atoms with van der Waals surface area (Å²) < 4.78 is 31.9. The molecule has 1 heterocycles. The number of halogens is 2. The van der Waals surface area contributed by atoms with Crippen LogP contribution in [0.25, 0.3) is 6.08 Å². The maximum absolute atomic E-state index is 13.6. The molecule has 0 aromatic heterocycles. The van der Waals surface area contributed by atoms with Crippen LogP contribution in [0.1, 0.15) is 17.2 Å². The van der Waals surface area contributed by atoms with E-state index in [1.165, 1.54) is 12.1 Å². The molecule has 2 N–H and O–H groups in total. The minimum Gasteiger partial charge on any atom is -0.394 e. The van der Waals surface area contributed by atoms with E-state index in [1.807, 2.05) is 24.3 Å². The summed E-state index contributed by atoms with van der Waals surface area (Å²) >= 11 is 0. The molecule has 7 heteroatoms. The van der Waals surface area contributed by atoms with Gasteiger partial charge in [0.15, 0.2) is 0 Å². The van der Waals surface area contributed by atoms with Crippen molar-refractivity contribution in [2.24, 2.45) is 0 Å². The van der Waals surface area contributed by atoms with Crippen molar-refractivity contribution in [1.29, 1.82) is 0 Å². The summed E-state index contributed by atoms with van der Waals surface area (Å²) in [5, 5.41) is 12.4. The lowest BCUT2D eigenvalue weighted by atomic mass is 10.1. The van der Waals surface area contributed by atoms with Crippen molar-refractivity contribution >= 4 is 17.7 Å². The number of ether oxygens (including phenoxy) is 1. The second-order valence-electron chi connectivity index (χ2n) is 6.44. The van der Waals surface area contributed by atoms with Gasteiger partial charge >= 0.3 is 0 Å². The highest BCUT2D eigenvalue weighted by molar-refractivity contribution is 5.92. The second-order valence-corrected chi connectivity index (χ2v) is 6.44. The molecule has 1 fully saturated rings. The molecule has 1 aliphatic rings. The summed E-state index contributed by atoms with van der Waals surface area (Å²) in [5.74, 6) is -1.92. The van der Waals surface area contributed by atoms with E-state index in [0.29, 0.717) is 13.2 Å². The smallest absolute Gasteiger partial charge is 0.244 e. The van der Waals surface area contributed by atoms with Crippen LogP contribution < -0.4 is 10.2 Å². The summed E-state index contributed by atoms with van der Waals surface area (Å²) in [5.41, 5.74) is 1.87. The first-order chi connectivity index (χ1) is 13.6. The molecule has 148 valence electrons. The molecule has 0 unspecified atom stereocenters. The van der Waals surface area contributed by atoms with Crippen LogP contribution in [0, 0.1) is 11.6 Å². The van der Waals surface area contributed by atoms with Gasteiger partial charge in [-0.1, -0.05) is 12.1 Å². The number of anilines is 1. The zero-order chi connectivity index (χ0) is 19.9. The third-order valence-electron chi connectivity index (χ3n) is 4.52. The van der Waals surface area contributed by atoms with Gasteiger partial charge in [0.25, 0.3) is 0 Å². The van der Waals surface area contributed by atoms with Crippen LogP contribution in [0.5, 0.6) is 0 Å². The molecule has 28 heavy (non-hydrogen) atoms. The Bertz CT molecular complexity index is 851. The number of morpholine rings is 1. The SMILES string of the molecule is O=C(C=Cc1ccc(F)cc1F)N[C@@H](CO)c1cccc(N2CCOCC2)c1. The van der Waals surface area contributed by atoms with Crippen LogP contribution in [0.2, 0.25) is 0 Å². The van der Waals surface area contributed by atoms with E-state index < -0.39 is 23.6 Å². The Hall–Kier alpha value is -2.77. The molecule has 0 radical (unpaired) electrons. The van der Waals surface area contributed by atoms with Crippen LogP contribution in [-0.2, 0) is 9.53 Å². The number of benzene rings is 2. The van der Waals surface area contributed by atoms with E-state index in [1.54, 1.807) is 0 Å². The fourth-order valence-corrected chi connectivity index (χ4v) is 3.02. The molecule has 2 aromatic rings. The number of nitrogens with zero attached hydrogens (tertiary/aromatic N) is 1. The summed E-state index contributed by atoms with van der Waals surface area (Å²) in [4.78, 5) is 14.4. The van der Waals surface area contributed by atoms with Gasteiger partial charge in [-0.15, -0.1) is 0 Å². The maximum Gasteiger partial charge on any atom is 0.244 e. The predicted molar refractivity (Wildman–Crippen MR) is 103 cm³/mol. The van der Waals surface area contributed by atoms with Gasteiger partial charge in [-0.3, -0.25) is 4.79 Å². The third-order valence-corrected chi connectivity index (χ3v) is 4.52. The number of hydrogen-bond acceptors (Lipinski definition) is 4. The molecule has 0 aliphatic carbocycles. The lowest BCUT2D eigenvalue weighted by Gasteiger charge is -2.29. The minimum absolute atomic E-state index is 0.103. The highest BCUT2D eigenvalue weighted by atomic mass is 19.1. The van der Waals surface area contributed by atoms with Crippen LogP contribution >= 0.6 is 0 Å². The zero-order valence-electron chi connectivity index (χ0n) is 15.3. The van der Waals surface area contributed by atoms with E-state index in [9.17, 15) is 18.7 Å². The molecular formula is C21H22F2N2O3. The first-order valence-corrected chi connectivity index (χ1v) is 9.04. The topological polar surface area (TPSA) is 61.8 Å². The Balaban J connectivity index is 1.67. The maximum atomic E-state index is 13.6. The number of aliphatic hydroxyl groups is 1. The Morgan fingerprint density at radius 1 is 1.21 bits per heavy atom. The van der Waals surface area contributed by atoms with Gasteiger partial charge in [0.05, 0.1) is 25.9 Å². The average molecular weight is 388 g/mol. The quantitative estimate of drug-likeness (QED) is 0.747. The highest BCUT2D eigenvalue weighted by Gasteiger charge is 2.16. The van der Waals surface area contributed by atoms with Crippen molar-refractivity contribution in [1.82, 2.24) is 5.32 Å². The second kappa shape index (κ2) is 9.43. The van der Waals surface area contributed by atoms with Crippen LogP contribution in [0.15, 0.2) is 48.5 Å². The molecule has 0 spiro atoms. The number of carbonyl (C=O) groups excluding carboxylic acids is 1. The van der Waals surface area contributed by atoms with Gasteiger partial charge in [-0.25, -0.2) is 8.78 Å². The normalized spacial score (nSPS) is 15.6. The summed E-state index contributed by atoms with van der Waals surface area (Å²) in [6.07, 6.45) is 2.42. The van der Waals surface area contributed by atoms with Gasteiger partial charge in [-0.2, -0.15) is 0 Å². The van der Waals surface area contributed by atoms with E-state index in [-0.39, 0.29) is 12.2 Å². The van der Waals surface area contributed by atoms with Crippen LogP contribution in [0.3, 0.4) is 0 Å². The number of carbonyl (C=O) groups is 1. The third kappa shape index (κ3) is 5.15. The van der Waals surface area contributed by atoms with Crippen molar-refractivity contribution in [2.45, 2.75) is 6.04 Å². The van der Waals surface area contributed by atoms with Crippen LogP contribution in [-0.4, -0.2) is 43.9 Å². The lowest BCUT2D eigenvalue weighted by molar-refractivity contribution is -0.117. The number of hydrogen-bond donors (Lipinski definition) is 2. The summed E-state index contributed by atoms with van der Waals surface area (Å²) in [6.45, 7) is 2.61. The highest BCUT2D eigenvalue weighted by Crippen LogP contribution is 2.22. The minimum atomic E-state index is -0.749. The Labute approximate surface area is 162 Å². The Kier molecular flexibility index (Phi) is 6.73. The lowest BCUT2D eigenvalue weighted by Crippen LogP contribution is -2.36. The Morgan fingerprint density at radius 3 is 2.71 bits per heavy atom. The van der Waals surface area contributed by atoms with Crippen molar-refractivity contribution in [3.05, 3.63) is 71.3 Å². The molecule has 2 aromatic carbocycles. The summed E-state index contributed by atoms with van der Waals surface area (Å²) in [6, 6.07) is 10.1. The van der Waals surface area contributed by atoms with Crippen molar-refractivity contribution in [3.8, 4) is 0 Å². The average Bonchev–Trinajstić information content (AvgIpc) is 2.72. The number of rotatable bonds is 6. The standard InChI is InChI=1S/C21H22F2N2O3/c22-17-6-4-15(19(23)13-17)5-7-21(27)24-20(14-26)16-2-1-3-18(12-16)25-8-10-28-11-9-25/h1-7,12-13,20,26H,8-11,14H2,(H,24,27)/t20-/m0/s1. The molecule has 1 atom stereocenters. The molecular weight excluding hydrogens is 366 g/mol. The van der Waals surface area contributed by atoms with E-state index >= 15 is 0 Å². The van der Waals surface area contributed by atoms with Crippen molar-refractivity contribution < 1.29 is 23.4 Å². The molecule has 1 aliphatic heterocycles. The van der Waals surface area contributed by atoms with Crippen molar-refractivity contribution in [2.75, 3.05) is 37.8 Å².